The monoisotopic (exact) mass is 276 g/mol. The smallest absolute Gasteiger partial charge is 0.183 e. The molecule has 19 heavy (non-hydrogen) atoms. The largest absolute Gasteiger partial charge is 0.497 e. The minimum Gasteiger partial charge on any atom is -0.497 e. The van der Waals surface area contributed by atoms with Crippen LogP contribution in [0.1, 0.15) is 24.6 Å². The van der Waals surface area contributed by atoms with E-state index in [1.807, 2.05) is 12.1 Å². The van der Waals surface area contributed by atoms with Crippen molar-refractivity contribution in [2.45, 2.75) is 26.7 Å². The summed E-state index contributed by atoms with van der Waals surface area (Å²) in [5.74, 6) is 0.873. The number of nitrogens with zero attached hydrogens (tertiary/aromatic N) is 1. The van der Waals surface area contributed by atoms with Gasteiger partial charge < -0.3 is 10.1 Å². The third-order valence-corrected chi connectivity index (χ3v) is 3.90. The Morgan fingerprint density at radius 3 is 2.63 bits per heavy atom. The van der Waals surface area contributed by atoms with Crippen LogP contribution in [0.15, 0.2) is 24.3 Å². The second kappa shape index (κ2) is 6.57. The quantitative estimate of drug-likeness (QED) is 0.797. The number of aromatic nitrogens is 1. The van der Waals surface area contributed by atoms with Crippen LogP contribution in [0.5, 0.6) is 5.75 Å². The van der Waals surface area contributed by atoms with Crippen molar-refractivity contribution in [2.75, 3.05) is 19.0 Å². The summed E-state index contributed by atoms with van der Waals surface area (Å²) in [6.07, 6.45) is 2.37. The number of anilines is 1. The molecule has 1 N–H and O–H groups in total. The molecule has 0 bridgehead atoms. The Bertz CT molecular complexity index is 519. The van der Waals surface area contributed by atoms with E-state index in [9.17, 15) is 0 Å². The molecule has 2 aromatic rings. The van der Waals surface area contributed by atoms with Crippen molar-refractivity contribution in [3.05, 3.63) is 29.1 Å². The van der Waals surface area contributed by atoms with Gasteiger partial charge in [-0.2, -0.15) is 0 Å². The van der Waals surface area contributed by atoms with Gasteiger partial charge in [0.2, 0.25) is 0 Å². The number of hydrogen-bond acceptors (Lipinski definition) is 4. The van der Waals surface area contributed by atoms with Crippen LogP contribution in [0.3, 0.4) is 0 Å². The minimum atomic E-state index is 0.873. The van der Waals surface area contributed by atoms with E-state index in [-0.39, 0.29) is 0 Å². The van der Waals surface area contributed by atoms with Gasteiger partial charge in [0.25, 0.3) is 0 Å². The molecular weight excluding hydrogens is 256 g/mol. The Labute approximate surface area is 118 Å². The fourth-order valence-corrected chi connectivity index (χ4v) is 2.72. The number of aryl methyl sites for hydroxylation is 1. The van der Waals surface area contributed by atoms with Crippen LogP contribution >= 0.6 is 11.3 Å². The highest BCUT2D eigenvalue weighted by Gasteiger charge is 2.09. The molecule has 0 radical (unpaired) electrons. The highest BCUT2D eigenvalue weighted by molar-refractivity contribution is 7.16. The Balaban J connectivity index is 2.14. The maximum absolute atomic E-state index is 5.18. The van der Waals surface area contributed by atoms with Gasteiger partial charge in [0, 0.05) is 17.0 Å². The molecule has 4 heteroatoms. The molecule has 3 nitrogen and oxygen atoms in total. The van der Waals surface area contributed by atoms with Gasteiger partial charge in [0.1, 0.15) is 5.75 Å². The molecule has 0 aliphatic carbocycles. The first-order valence-electron chi connectivity index (χ1n) is 6.60. The summed E-state index contributed by atoms with van der Waals surface area (Å²) in [4.78, 5) is 5.91. The first kappa shape index (κ1) is 13.9. The number of unbranched alkanes of at least 4 members (excludes halogenated alkanes) is 1. The van der Waals surface area contributed by atoms with Crippen LogP contribution in [-0.2, 0) is 0 Å². The summed E-state index contributed by atoms with van der Waals surface area (Å²) in [5.41, 5.74) is 2.20. The summed E-state index contributed by atoms with van der Waals surface area (Å²) >= 11 is 1.72. The number of nitrogens with one attached hydrogen (secondary N) is 1. The molecule has 2 rings (SSSR count). The number of methoxy groups -OCH3 is 1. The maximum Gasteiger partial charge on any atom is 0.183 e. The van der Waals surface area contributed by atoms with Crippen LogP contribution in [-0.4, -0.2) is 18.6 Å². The lowest BCUT2D eigenvalue weighted by atomic mass is 10.1. The third-order valence-electron chi connectivity index (χ3n) is 2.97. The van der Waals surface area contributed by atoms with Crippen LogP contribution in [0.25, 0.3) is 11.3 Å². The van der Waals surface area contributed by atoms with Gasteiger partial charge in [-0.15, -0.1) is 11.3 Å². The molecule has 0 unspecified atom stereocenters. The van der Waals surface area contributed by atoms with Gasteiger partial charge in [0.05, 0.1) is 12.8 Å². The van der Waals surface area contributed by atoms with Crippen molar-refractivity contribution in [3.8, 4) is 17.0 Å². The van der Waals surface area contributed by atoms with Crippen LogP contribution in [0, 0.1) is 6.92 Å². The van der Waals surface area contributed by atoms with E-state index in [0.717, 1.165) is 28.7 Å². The summed E-state index contributed by atoms with van der Waals surface area (Å²) < 4.78 is 5.18. The Morgan fingerprint density at radius 1 is 1.26 bits per heavy atom. The van der Waals surface area contributed by atoms with Gasteiger partial charge in [-0.3, -0.25) is 0 Å². The van der Waals surface area contributed by atoms with E-state index in [2.05, 4.69) is 36.3 Å². The molecular formula is C15H20N2OS. The fraction of sp³-hybridized carbons (Fsp3) is 0.400. The summed E-state index contributed by atoms with van der Waals surface area (Å²) in [5, 5.41) is 4.39. The fourth-order valence-electron chi connectivity index (χ4n) is 1.86. The predicted molar refractivity (Wildman–Crippen MR) is 82.2 cm³/mol. The molecule has 102 valence electrons. The van der Waals surface area contributed by atoms with Crippen molar-refractivity contribution in [3.63, 3.8) is 0 Å². The molecule has 1 aromatic carbocycles. The lowest BCUT2D eigenvalue weighted by Crippen LogP contribution is -1.99. The predicted octanol–water partition coefficient (Wildman–Crippen LogP) is 4.34. The summed E-state index contributed by atoms with van der Waals surface area (Å²) in [7, 11) is 1.68. The molecule has 0 spiro atoms. The zero-order chi connectivity index (χ0) is 13.7. The molecule has 0 saturated heterocycles. The maximum atomic E-state index is 5.18. The third kappa shape index (κ3) is 3.47. The zero-order valence-electron chi connectivity index (χ0n) is 11.7. The SMILES string of the molecule is CCCCNc1nc(-c2ccc(OC)cc2)c(C)s1. The first-order valence-corrected chi connectivity index (χ1v) is 7.42. The van der Waals surface area contributed by atoms with Gasteiger partial charge in [0.15, 0.2) is 5.13 Å². The average Bonchev–Trinajstić information content (AvgIpc) is 2.80. The zero-order valence-corrected chi connectivity index (χ0v) is 12.5. The lowest BCUT2D eigenvalue weighted by molar-refractivity contribution is 0.415. The highest BCUT2D eigenvalue weighted by atomic mass is 32.1. The average molecular weight is 276 g/mol. The van der Waals surface area contributed by atoms with Crippen molar-refractivity contribution in [2.24, 2.45) is 0 Å². The molecule has 1 heterocycles. The molecule has 0 aliphatic rings. The van der Waals surface area contributed by atoms with E-state index in [4.69, 9.17) is 4.74 Å². The van der Waals surface area contributed by atoms with Gasteiger partial charge >= 0.3 is 0 Å². The van der Waals surface area contributed by atoms with Crippen molar-refractivity contribution in [1.29, 1.82) is 0 Å². The van der Waals surface area contributed by atoms with Gasteiger partial charge in [-0.05, 0) is 37.6 Å². The summed E-state index contributed by atoms with van der Waals surface area (Å²) in [6.45, 7) is 5.30. The Kier molecular flexibility index (Phi) is 4.80. The molecule has 0 amide bonds. The first-order chi connectivity index (χ1) is 9.24. The number of rotatable bonds is 6. The van der Waals surface area contributed by atoms with Crippen LogP contribution in [0.2, 0.25) is 0 Å². The summed E-state index contributed by atoms with van der Waals surface area (Å²) in [6, 6.07) is 8.05. The van der Waals surface area contributed by atoms with E-state index in [0.29, 0.717) is 0 Å². The standard InChI is InChI=1S/C15H20N2OS/c1-4-5-10-16-15-17-14(11(2)19-15)12-6-8-13(18-3)9-7-12/h6-9H,4-5,10H2,1-3H3,(H,16,17). The Hall–Kier alpha value is -1.55. The molecule has 0 atom stereocenters. The lowest BCUT2D eigenvalue weighted by Gasteiger charge is -2.02. The molecule has 0 fully saturated rings. The van der Waals surface area contributed by atoms with E-state index < -0.39 is 0 Å². The van der Waals surface area contributed by atoms with Gasteiger partial charge in [-0.25, -0.2) is 4.98 Å². The van der Waals surface area contributed by atoms with E-state index >= 15 is 0 Å². The van der Waals surface area contributed by atoms with Gasteiger partial charge in [-0.1, -0.05) is 13.3 Å². The molecule has 0 aliphatic heterocycles. The molecule has 1 aromatic heterocycles. The Morgan fingerprint density at radius 2 is 2.00 bits per heavy atom. The second-order valence-electron chi connectivity index (χ2n) is 4.43. The second-order valence-corrected chi connectivity index (χ2v) is 5.64. The van der Waals surface area contributed by atoms with Crippen LogP contribution < -0.4 is 10.1 Å². The normalized spacial score (nSPS) is 10.5. The number of thiazole rings is 1. The number of benzene rings is 1. The molecule has 0 saturated carbocycles. The van der Waals surface area contributed by atoms with Crippen molar-refractivity contribution in [1.82, 2.24) is 4.98 Å². The number of hydrogen-bond donors (Lipinski definition) is 1. The highest BCUT2D eigenvalue weighted by Crippen LogP contribution is 2.31. The van der Waals surface area contributed by atoms with Crippen LogP contribution in [0.4, 0.5) is 5.13 Å². The number of ether oxygens (including phenoxy) is 1. The van der Waals surface area contributed by atoms with Crippen molar-refractivity contribution < 1.29 is 4.74 Å². The van der Waals surface area contributed by atoms with E-state index in [1.54, 1.807) is 18.4 Å². The van der Waals surface area contributed by atoms with E-state index in [1.165, 1.54) is 17.7 Å². The van der Waals surface area contributed by atoms with Crippen molar-refractivity contribution >= 4 is 16.5 Å². The minimum absolute atomic E-state index is 0.873. The topological polar surface area (TPSA) is 34.2 Å².